The first kappa shape index (κ1) is 19.8. The number of hydrogen-bond acceptors (Lipinski definition) is 2. The molecule has 0 radical (unpaired) electrons. The third-order valence-corrected chi connectivity index (χ3v) is 5.12. The van der Waals surface area contributed by atoms with E-state index < -0.39 is 6.04 Å². The molecule has 2 N–H and O–H groups in total. The van der Waals surface area contributed by atoms with Crippen LogP contribution in [0.5, 0.6) is 0 Å². The van der Waals surface area contributed by atoms with E-state index in [1.54, 1.807) is 18.2 Å². The molecule has 0 bridgehead atoms. The lowest BCUT2D eigenvalue weighted by Crippen LogP contribution is -2.45. The maximum absolute atomic E-state index is 13.0. The predicted molar refractivity (Wildman–Crippen MR) is 115 cm³/mol. The van der Waals surface area contributed by atoms with Gasteiger partial charge in [-0.1, -0.05) is 60.7 Å². The van der Waals surface area contributed by atoms with Crippen LogP contribution in [0.1, 0.15) is 21.5 Å². The Morgan fingerprint density at radius 2 is 1.54 bits per heavy atom. The van der Waals surface area contributed by atoms with Gasteiger partial charge in [0.1, 0.15) is 6.04 Å². The van der Waals surface area contributed by atoms with Crippen LogP contribution in [0.2, 0.25) is 0 Å². The van der Waals surface area contributed by atoms with Crippen molar-refractivity contribution in [3.05, 3.63) is 100 Å². The first-order valence-corrected chi connectivity index (χ1v) is 9.79. The van der Waals surface area contributed by atoms with Crippen LogP contribution in [0.25, 0.3) is 0 Å². The number of halogens is 1. The molecule has 0 aliphatic heterocycles. The highest BCUT2D eigenvalue weighted by Crippen LogP contribution is 2.17. The van der Waals surface area contributed by atoms with Crippen molar-refractivity contribution in [2.24, 2.45) is 0 Å². The Balaban J connectivity index is 1.82. The molecule has 2 amide bonds. The van der Waals surface area contributed by atoms with E-state index in [4.69, 9.17) is 0 Å². The van der Waals surface area contributed by atoms with E-state index in [0.29, 0.717) is 16.5 Å². The van der Waals surface area contributed by atoms with Crippen molar-refractivity contribution in [3.63, 3.8) is 0 Å². The number of aryl methyl sites for hydroxylation is 1. The Morgan fingerprint density at radius 1 is 0.893 bits per heavy atom. The molecule has 0 heterocycles. The largest absolute Gasteiger partial charge is 0.340 e. The molecule has 142 valence electrons. The predicted octanol–water partition coefficient (Wildman–Crippen LogP) is 4.74. The number of para-hydroxylation sites is 1. The fourth-order valence-electron chi connectivity index (χ4n) is 2.87. The normalized spacial score (nSPS) is 11.5. The van der Waals surface area contributed by atoms with Gasteiger partial charge < -0.3 is 10.6 Å². The molecule has 3 aromatic rings. The zero-order chi connectivity index (χ0) is 19.9. The molecule has 0 aliphatic carbocycles. The zero-order valence-corrected chi connectivity index (χ0v) is 17.1. The van der Waals surface area contributed by atoms with Crippen LogP contribution >= 0.6 is 15.9 Å². The van der Waals surface area contributed by atoms with Gasteiger partial charge in [0.2, 0.25) is 5.91 Å². The summed E-state index contributed by atoms with van der Waals surface area (Å²) in [5.74, 6) is -0.549. The summed E-state index contributed by atoms with van der Waals surface area (Å²) in [6.07, 6.45) is 0.398. The number of benzene rings is 3. The molecular weight excluding hydrogens is 416 g/mol. The van der Waals surface area contributed by atoms with Crippen LogP contribution < -0.4 is 10.6 Å². The van der Waals surface area contributed by atoms with Gasteiger partial charge in [0.15, 0.2) is 0 Å². The number of carbonyl (C=O) groups excluding carboxylic acids is 2. The van der Waals surface area contributed by atoms with E-state index in [1.807, 2.05) is 67.6 Å². The molecule has 0 saturated heterocycles. The lowest BCUT2D eigenvalue weighted by atomic mass is 10.0. The van der Waals surface area contributed by atoms with Crippen LogP contribution in [0, 0.1) is 6.92 Å². The summed E-state index contributed by atoms with van der Waals surface area (Å²) in [5.41, 5.74) is 3.16. The average Bonchev–Trinajstić information content (AvgIpc) is 2.70. The van der Waals surface area contributed by atoms with Gasteiger partial charge in [-0.25, -0.2) is 0 Å². The summed E-state index contributed by atoms with van der Waals surface area (Å²) in [6.45, 7) is 1.93. The molecule has 0 fully saturated rings. The Kier molecular flexibility index (Phi) is 6.61. The molecule has 5 heteroatoms. The summed E-state index contributed by atoms with van der Waals surface area (Å²) >= 11 is 3.39. The maximum Gasteiger partial charge on any atom is 0.253 e. The lowest BCUT2D eigenvalue weighted by molar-refractivity contribution is -0.118. The summed E-state index contributed by atoms with van der Waals surface area (Å²) in [6, 6.07) is 23.7. The zero-order valence-electron chi connectivity index (χ0n) is 15.5. The topological polar surface area (TPSA) is 58.2 Å². The van der Waals surface area contributed by atoms with Gasteiger partial charge in [-0.15, -0.1) is 0 Å². The third kappa shape index (κ3) is 5.08. The molecule has 28 heavy (non-hydrogen) atoms. The Labute approximate surface area is 173 Å². The van der Waals surface area contributed by atoms with E-state index in [9.17, 15) is 9.59 Å². The lowest BCUT2D eigenvalue weighted by Gasteiger charge is -2.20. The van der Waals surface area contributed by atoms with Crippen molar-refractivity contribution in [3.8, 4) is 0 Å². The highest BCUT2D eigenvalue weighted by atomic mass is 79.9. The third-order valence-electron chi connectivity index (χ3n) is 4.43. The molecule has 4 nitrogen and oxygen atoms in total. The molecule has 1 atom stereocenters. The fraction of sp³-hybridized carbons (Fsp3) is 0.130. The number of hydrogen-bond donors (Lipinski definition) is 2. The van der Waals surface area contributed by atoms with Gasteiger partial charge in [-0.2, -0.15) is 0 Å². The van der Waals surface area contributed by atoms with E-state index in [-0.39, 0.29) is 11.8 Å². The van der Waals surface area contributed by atoms with Gasteiger partial charge >= 0.3 is 0 Å². The van der Waals surface area contributed by atoms with E-state index in [1.165, 1.54) is 0 Å². The standard InChI is InChI=1S/C23H21BrN2O2/c1-16-9-5-8-14-20(16)25-23(28)21(15-17-10-3-2-4-11-17)26-22(27)18-12-6-7-13-19(18)24/h2-14,21H,15H2,1H3,(H,25,28)(H,26,27). The molecule has 1 unspecified atom stereocenters. The van der Waals surface area contributed by atoms with Crippen molar-refractivity contribution in [1.82, 2.24) is 5.32 Å². The minimum absolute atomic E-state index is 0.251. The van der Waals surface area contributed by atoms with Crippen LogP contribution in [-0.2, 0) is 11.2 Å². The second kappa shape index (κ2) is 9.33. The number of anilines is 1. The average molecular weight is 437 g/mol. The van der Waals surface area contributed by atoms with Gasteiger partial charge in [0.05, 0.1) is 5.56 Å². The molecule has 0 saturated carbocycles. The van der Waals surface area contributed by atoms with Crippen molar-refractivity contribution < 1.29 is 9.59 Å². The van der Waals surface area contributed by atoms with Crippen LogP contribution in [-0.4, -0.2) is 17.9 Å². The van der Waals surface area contributed by atoms with Gasteiger partial charge in [0.25, 0.3) is 5.91 Å². The van der Waals surface area contributed by atoms with Crippen molar-refractivity contribution in [2.75, 3.05) is 5.32 Å². The van der Waals surface area contributed by atoms with Crippen LogP contribution in [0.3, 0.4) is 0 Å². The van der Waals surface area contributed by atoms with Crippen molar-refractivity contribution >= 4 is 33.4 Å². The molecule has 0 aromatic heterocycles. The number of rotatable bonds is 6. The number of amides is 2. The first-order valence-electron chi connectivity index (χ1n) is 9.00. The summed E-state index contributed by atoms with van der Waals surface area (Å²) in [7, 11) is 0. The van der Waals surface area contributed by atoms with Crippen LogP contribution in [0.15, 0.2) is 83.3 Å². The second-order valence-corrected chi connectivity index (χ2v) is 7.35. The van der Waals surface area contributed by atoms with E-state index in [0.717, 1.165) is 16.8 Å². The van der Waals surface area contributed by atoms with Gasteiger partial charge in [-0.05, 0) is 52.2 Å². The summed E-state index contributed by atoms with van der Waals surface area (Å²) in [4.78, 5) is 25.8. The van der Waals surface area contributed by atoms with Crippen molar-refractivity contribution in [1.29, 1.82) is 0 Å². The molecule has 0 spiro atoms. The molecule has 0 aliphatic rings. The van der Waals surface area contributed by atoms with Crippen LogP contribution in [0.4, 0.5) is 5.69 Å². The minimum Gasteiger partial charge on any atom is -0.340 e. The van der Waals surface area contributed by atoms with E-state index in [2.05, 4.69) is 26.6 Å². The van der Waals surface area contributed by atoms with Crippen molar-refractivity contribution in [2.45, 2.75) is 19.4 Å². The fourth-order valence-corrected chi connectivity index (χ4v) is 3.34. The Bertz CT molecular complexity index is 973. The second-order valence-electron chi connectivity index (χ2n) is 6.50. The minimum atomic E-state index is -0.707. The van der Waals surface area contributed by atoms with E-state index >= 15 is 0 Å². The summed E-state index contributed by atoms with van der Waals surface area (Å²) in [5, 5.41) is 5.82. The first-order chi connectivity index (χ1) is 13.5. The Hall–Kier alpha value is -2.92. The molecular formula is C23H21BrN2O2. The SMILES string of the molecule is Cc1ccccc1NC(=O)C(Cc1ccccc1)NC(=O)c1ccccc1Br. The highest BCUT2D eigenvalue weighted by Gasteiger charge is 2.23. The monoisotopic (exact) mass is 436 g/mol. The smallest absolute Gasteiger partial charge is 0.253 e. The summed E-state index contributed by atoms with van der Waals surface area (Å²) < 4.78 is 0.685. The Morgan fingerprint density at radius 3 is 2.25 bits per heavy atom. The highest BCUT2D eigenvalue weighted by molar-refractivity contribution is 9.10. The quantitative estimate of drug-likeness (QED) is 0.586. The number of nitrogens with one attached hydrogen (secondary N) is 2. The molecule has 3 rings (SSSR count). The maximum atomic E-state index is 13.0. The van der Waals surface area contributed by atoms with Gasteiger partial charge in [-0.3, -0.25) is 9.59 Å². The number of carbonyl (C=O) groups is 2. The molecule has 3 aromatic carbocycles. The van der Waals surface area contributed by atoms with Gasteiger partial charge in [0, 0.05) is 16.6 Å².